The molecule has 3 nitrogen and oxygen atoms in total. The number of aromatic amines is 1. The highest BCUT2D eigenvalue weighted by atomic mass is 14.9. The van der Waals surface area contributed by atoms with Crippen molar-refractivity contribution in [2.75, 3.05) is 13.1 Å². The third-order valence-electron chi connectivity index (χ3n) is 2.33. The molecule has 2 N–H and O–H groups in total. The first-order valence-electron chi connectivity index (χ1n) is 5.03. The summed E-state index contributed by atoms with van der Waals surface area (Å²) in [6, 6.07) is 6.37. The lowest BCUT2D eigenvalue weighted by Crippen LogP contribution is -2.15. The fourth-order valence-electron chi connectivity index (χ4n) is 1.55. The SMILES string of the molecule is CCNCCc1ccc2nc[nH]c2c1. The van der Waals surface area contributed by atoms with E-state index in [-0.39, 0.29) is 0 Å². The largest absolute Gasteiger partial charge is 0.345 e. The minimum atomic E-state index is 1.03. The zero-order valence-electron chi connectivity index (χ0n) is 8.38. The van der Waals surface area contributed by atoms with Gasteiger partial charge in [0.05, 0.1) is 17.4 Å². The Balaban J connectivity index is 2.10. The monoisotopic (exact) mass is 189 g/mol. The Labute approximate surface area is 83.6 Å². The number of likely N-dealkylation sites (N-methyl/N-ethyl adjacent to an activating group) is 1. The first-order chi connectivity index (χ1) is 6.90. The number of rotatable bonds is 4. The van der Waals surface area contributed by atoms with E-state index in [1.54, 1.807) is 6.33 Å². The summed E-state index contributed by atoms with van der Waals surface area (Å²) < 4.78 is 0. The number of imidazole rings is 1. The molecule has 14 heavy (non-hydrogen) atoms. The molecule has 2 rings (SSSR count). The van der Waals surface area contributed by atoms with Crippen LogP contribution in [0.2, 0.25) is 0 Å². The molecule has 74 valence electrons. The molecule has 0 saturated carbocycles. The molecule has 0 unspecified atom stereocenters. The van der Waals surface area contributed by atoms with Crippen molar-refractivity contribution in [3.05, 3.63) is 30.1 Å². The zero-order valence-corrected chi connectivity index (χ0v) is 8.38. The molecule has 0 aliphatic carbocycles. The number of aromatic nitrogens is 2. The Hall–Kier alpha value is -1.35. The van der Waals surface area contributed by atoms with E-state index in [0.29, 0.717) is 0 Å². The Morgan fingerprint density at radius 1 is 1.43 bits per heavy atom. The first kappa shape index (κ1) is 9.21. The van der Waals surface area contributed by atoms with Crippen molar-refractivity contribution in [3.8, 4) is 0 Å². The van der Waals surface area contributed by atoms with E-state index < -0.39 is 0 Å². The molecule has 0 amide bonds. The number of H-pyrrole nitrogens is 1. The maximum atomic E-state index is 4.19. The van der Waals surface area contributed by atoms with Crippen LogP contribution in [0.5, 0.6) is 0 Å². The van der Waals surface area contributed by atoms with Crippen LogP contribution in [0, 0.1) is 0 Å². The highest BCUT2D eigenvalue weighted by Gasteiger charge is 1.97. The van der Waals surface area contributed by atoms with E-state index in [1.165, 1.54) is 5.56 Å². The maximum absolute atomic E-state index is 4.19. The summed E-state index contributed by atoms with van der Waals surface area (Å²) in [5, 5.41) is 3.31. The van der Waals surface area contributed by atoms with Crippen LogP contribution in [0.15, 0.2) is 24.5 Å². The maximum Gasteiger partial charge on any atom is 0.0931 e. The van der Waals surface area contributed by atoms with Gasteiger partial charge in [0.1, 0.15) is 0 Å². The van der Waals surface area contributed by atoms with Gasteiger partial charge >= 0.3 is 0 Å². The zero-order chi connectivity index (χ0) is 9.80. The summed E-state index contributed by atoms with van der Waals surface area (Å²) in [5.74, 6) is 0. The molecule has 1 heterocycles. The summed E-state index contributed by atoms with van der Waals surface area (Å²) in [4.78, 5) is 7.30. The average Bonchev–Trinajstić information content (AvgIpc) is 2.65. The van der Waals surface area contributed by atoms with Crippen LogP contribution in [0.4, 0.5) is 0 Å². The molecule has 2 aromatic rings. The van der Waals surface area contributed by atoms with Gasteiger partial charge in [0.2, 0.25) is 0 Å². The highest BCUT2D eigenvalue weighted by Crippen LogP contribution is 2.11. The van der Waals surface area contributed by atoms with Gasteiger partial charge in [0, 0.05) is 0 Å². The molecule has 0 saturated heterocycles. The van der Waals surface area contributed by atoms with Gasteiger partial charge in [-0.15, -0.1) is 0 Å². The molecular formula is C11H15N3. The summed E-state index contributed by atoms with van der Waals surface area (Å²) in [7, 11) is 0. The minimum Gasteiger partial charge on any atom is -0.345 e. The minimum absolute atomic E-state index is 1.03. The fourth-order valence-corrected chi connectivity index (χ4v) is 1.55. The smallest absolute Gasteiger partial charge is 0.0931 e. The van der Waals surface area contributed by atoms with Gasteiger partial charge in [-0.2, -0.15) is 0 Å². The van der Waals surface area contributed by atoms with Crippen molar-refractivity contribution >= 4 is 11.0 Å². The van der Waals surface area contributed by atoms with Crippen molar-refractivity contribution in [3.63, 3.8) is 0 Å². The van der Waals surface area contributed by atoms with Crippen molar-refractivity contribution in [2.45, 2.75) is 13.3 Å². The molecule has 3 heteroatoms. The Morgan fingerprint density at radius 2 is 2.36 bits per heavy atom. The van der Waals surface area contributed by atoms with Gasteiger partial charge in [-0.3, -0.25) is 0 Å². The van der Waals surface area contributed by atoms with Gasteiger partial charge in [0.25, 0.3) is 0 Å². The second-order valence-corrected chi connectivity index (χ2v) is 3.36. The van der Waals surface area contributed by atoms with E-state index >= 15 is 0 Å². The van der Waals surface area contributed by atoms with Crippen LogP contribution >= 0.6 is 0 Å². The summed E-state index contributed by atoms with van der Waals surface area (Å²) in [6.07, 6.45) is 2.81. The molecule has 0 spiro atoms. The third-order valence-corrected chi connectivity index (χ3v) is 2.33. The number of hydrogen-bond acceptors (Lipinski definition) is 2. The van der Waals surface area contributed by atoms with Crippen LogP contribution in [0.1, 0.15) is 12.5 Å². The van der Waals surface area contributed by atoms with Crippen molar-refractivity contribution in [1.29, 1.82) is 0 Å². The number of benzene rings is 1. The fraction of sp³-hybridized carbons (Fsp3) is 0.364. The molecule has 0 aliphatic heterocycles. The lowest BCUT2D eigenvalue weighted by Gasteiger charge is -2.01. The van der Waals surface area contributed by atoms with E-state index in [4.69, 9.17) is 0 Å². The first-order valence-corrected chi connectivity index (χ1v) is 5.03. The summed E-state index contributed by atoms with van der Waals surface area (Å²) in [5.41, 5.74) is 3.51. The topological polar surface area (TPSA) is 40.7 Å². The predicted octanol–water partition coefficient (Wildman–Crippen LogP) is 1.71. The Kier molecular flexibility index (Phi) is 2.79. The highest BCUT2D eigenvalue weighted by molar-refractivity contribution is 5.74. The molecule has 0 bridgehead atoms. The van der Waals surface area contributed by atoms with Crippen molar-refractivity contribution < 1.29 is 0 Å². The van der Waals surface area contributed by atoms with E-state index in [1.807, 2.05) is 0 Å². The average molecular weight is 189 g/mol. The number of hydrogen-bond donors (Lipinski definition) is 2. The van der Waals surface area contributed by atoms with E-state index in [0.717, 1.165) is 30.5 Å². The van der Waals surface area contributed by atoms with Gasteiger partial charge in [0.15, 0.2) is 0 Å². The quantitative estimate of drug-likeness (QED) is 0.719. The molecule has 0 atom stereocenters. The molecule has 1 aromatic heterocycles. The van der Waals surface area contributed by atoms with Gasteiger partial charge in [-0.25, -0.2) is 4.98 Å². The summed E-state index contributed by atoms with van der Waals surface area (Å²) >= 11 is 0. The lowest BCUT2D eigenvalue weighted by atomic mass is 10.1. The molecule has 0 aliphatic rings. The van der Waals surface area contributed by atoms with Crippen LogP contribution < -0.4 is 5.32 Å². The van der Waals surface area contributed by atoms with Gasteiger partial charge < -0.3 is 10.3 Å². The van der Waals surface area contributed by atoms with Crippen LogP contribution in [-0.2, 0) is 6.42 Å². The van der Waals surface area contributed by atoms with Crippen LogP contribution in [0.3, 0.4) is 0 Å². The van der Waals surface area contributed by atoms with Gasteiger partial charge in [-0.1, -0.05) is 13.0 Å². The summed E-state index contributed by atoms with van der Waals surface area (Å²) in [6.45, 7) is 4.19. The number of nitrogens with one attached hydrogen (secondary N) is 2. The van der Waals surface area contributed by atoms with E-state index in [2.05, 4.69) is 40.4 Å². The normalized spacial score (nSPS) is 10.9. The third kappa shape index (κ3) is 1.93. The molecule has 0 radical (unpaired) electrons. The molecule has 1 aromatic carbocycles. The second-order valence-electron chi connectivity index (χ2n) is 3.36. The standard InChI is InChI=1S/C11H15N3/c1-2-12-6-5-9-3-4-10-11(7-9)14-8-13-10/h3-4,7-8,12H,2,5-6H2,1H3,(H,13,14). The number of nitrogens with zero attached hydrogens (tertiary/aromatic N) is 1. The molecule has 0 fully saturated rings. The van der Waals surface area contributed by atoms with E-state index in [9.17, 15) is 0 Å². The number of fused-ring (bicyclic) bond motifs is 1. The van der Waals surface area contributed by atoms with Crippen LogP contribution in [-0.4, -0.2) is 23.1 Å². The van der Waals surface area contributed by atoms with Crippen molar-refractivity contribution in [2.24, 2.45) is 0 Å². The van der Waals surface area contributed by atoms with Gasteiger partial charge in [-0.05, 0) is 37.2 Å². The van der Waals surface area contributed by atoms with Crippen LogP contribution in [0.25, 0.3) is 11.0 Å². The second kappa shape index (κ2) is 4.24. The Morgan fingerprint density at radius 3 is 3.21 bits per heavy atom. The Bertz CT molecular complexity index is 406. The van der Waals surface area contributed by atoms with Crippen molar-refractivity contribution in [1.82, 2.24) is 15.3 Å². The predicted molar refractivity (Wildman–Crippen MR) is 58.3 cm³/mol. The molecular weight excluding hydrogens is 174 g/mol. The lowest BCUT2D eigenvalue weighted by molar-refractivity contribution is 0.717.